The van der Waals surface area contributed by atoms with Crippen molar-refractivity contribution in [1.29, 1.82) is 0 Å². The van der Waals surface area contributed by atoms with E-state index in [2.05, 4.69) is 13.5 Å². The summed E-state index contributed by atoms with van der Waals surface area (Å²) in [5, 5.41) is 13.5. The fourth-order valence-electron chi connectivity index (χ4n) is 8.94. The van der Waals surface area contributed by atoms with E-state index in [1.807, 2.05) is 37.3 Å². The Bertz CT molecular complexity index is 1890. The Morgan fingerprint density at radius 2 is 1.24 bits per heavy atom. The van der Waals surface area contributed by atoms with Crippen molar-refractivity contribution < 1.29 is 71.7 Å². The molecule has 2 bridgehead atoms. The van der Waals surface area contributed by atoms with Crippen LogP contribution >= 0.6 is 0 Å². The minimum atomic E-state index is -3.48. The topological polar surface area (TPSA) is 189 Å². The van der Waals surface area contributed by atoms with Gasteiger partial charge in [-0.25, -0.2) is 14.4 Å². The molecule has 1 aromatic carbocycles. The van der Waals surface area contributed by atoms with Crippen LogP contribution in [0.15, 0.2) is 42.5 Å². The minimum Gasteiger partial charge on any atom is -0.458 e. The second kappa shape index (κ2) is 25.2. The molecule has 3 rings (SSSR count). The van der Waals surface area contributed by atoms with Crippen molar-refractivity contribution in [2.45, 2.75) is 257 Å². The lowest BCUT2D eigenvalue weighted by atomic mass is 9.74. The van der Waals surface area contributed by atoms with Gasteiger partial charge in [-0.2, -0.15) is 0 Å². The van der Waals surface area contributed by atoms with Gasteiger partial charge in [0.25, 0.3) is 5.60 Å². The van der Waals surface area contributed by atoms with E-state index in [-0.39, 0.29) is 25.2 Å². The molecular formula is C55H88O15. The Labute approximate surface area is 418 Å². The van der Waals surface area contributed by atoms with Gasteiger partial charge in [-0.15, -0.1) is 0 Å². The maximum atomic E-state index is 15.5. The lowest BCUT2D eigenvalue weighted by molar-refractivity contribution is -0.387. The van der Waals surface area contributed by atoms with Crippen LogP contribution in [-0.2, 0) is 73.0 Å². The molecule has 2 fully saturated rings. The van der Waals surface area contributed by atoms with Gasteiger partial charge in [-0.3, -0.25) is 9.59 Å². The van der Waals surface area contributed by atoms with Crippen molar-refractivity contribution in [3.05, 3.63) is 48.0 Å². The van der Waals surface area contributed by atoms with Crippen LogP contribution in [0.1, 0.15) is 192 Å². The largest absolute Gasteiger partial charge is 0.458 e. The number of carbonyl (C=O) groups is 5. The Morgan fingerprint density at radius 3 is 1.74 bits per heavy atom. The lowest BCUT2D eigenvalue weighted by Crippen LogP contribution is -2.79. The molecule has 2 heterocycles. The van der Waals surface area contributed by atoms with Gasteiger partial charge < -0.3 is 47.7 Å². The van der Waals surface area contributed by atoms with Crippen molar-refractivity contribution in [2.75, 3.05) is 7.11 Å². The van der Waals surface area contributed by atoms with E-state index in [0.29, 0.717) is 24.8 Å². The SMILES string of the molecule is C=C(CC[C@@]12O[C@H](C(=O)OC(C)(C)C)[C@@](O)(C(=O)OC(C)(C)C)[C@@](C(=O)OC(C)(C)C)(O1)[C@H](OC(=O)CCCCCCCCCCCCC)[C@H]2OC(C)(C)OC)C(OC(C)=O)C(C)Cc1ccccc1. The summed E-state index contributed by atoms with van der Waals surface area (Å²) in [4.78, 5) is 72.3. The zero-order valence-corrected chi connectivity index (χ0v) is 45.2. The molecule has 2 aliphatic rings. The summed E-state index contributed by atoms with van der Waals surface area (Å²) in [6.07, 6.45) is 4.29. The highest BCUT2D eigenvalue weighted by Gasteiger charge is 2.87. The zero-order valence-electron chi connectivity index (χ0n) is 45.2. The number of unbranched alkanes of at least 4 members (excludes halogenated alkanes) is 10. The summed E-state index contributed by atoms with van der Waals surface area (Å²) in [5.41, 5.74) is -9.11. The standard InChI is InChI=1S/C55H88O15/c1-17-18-19-20-21-22-23-24-25-26-30-33-41(57)64-44-43(65-52(14,15)62-16)53(35-34-37(2)42(63-39(4)56)38(3)36-40-31-28-27-29-32-40)66-45(46(58)67-49(5,6)7)54(61,47(59)68-50(8,9)10)55(44,70-53)48(60)69-51(11,12)13/h27-29,31-32,38,42-45,61H,2,17-26,30,33-36H2,1,3-16H3/t38?,42?,43-,44-,45-,53-,54-,55-/m1/s1. The molecule has 398 valence electrons. The van der Waals surface area contributed by atoms with Crippen molar-refractivity contribution >= 4 is 29.8 Å². The first-order chi connectivity index (χ1) is 32.4. The molecule has 8 atom stereocenters. The number of benzene rings is 1. The molecule has 15 heteroatoms. The third-order valence-corrected chi connectivity index (χ3v) is 12.3. The van der Waals surface area contributed by atoms with Crippen LogP contribution in [0.25, 0.3) is 0 Å². The van der Waals surface area contributed by atoms with Crippen molar-refractivity contribution in [2.24, 2.45) is 5.92 Å². The lowest BCUT2D eigenvalue weighted by Gasteiger charge is -2.51. The number of carbonyl (C=O) groups excluding carboxylic acids is 5. The monoisotopic (exact) mass is 989 g/mol. The summed E-state index contributed by atoms with van der Waals surface area (Å²) in [6.45, 7) is 26.9. The molecule has 1 aromatic rings. The van der Waals surface area contributed by atoms with Crippen LogP contribution in [0.3, 0.4) is 0 Å². The quantitative estimate of drug-likeness (QED) is 0.0288. The van der Waals surface area contributed by atoms with E-state index >= 15 is 9.59 Å². The van der Waals surface area contributed by atoms with Gasteiger partial charge in [0.15, 0.2) is 18.0 Å². The molecule has 2 unspecified atom stereocenters. The normalized spacial score (nSPS) is 24.5. The summed E-state index contributed by atoms with van der Waals surface area (Å²) < 4.78 is 56.0. The summed E-state index contributed by atoms with van der Waals surface area (Å²) in [6, 6.07) is 9.65. The van der Waals surface area contributed by atoms with E-state index in [0.717, 1.165) is 31.2 Å². The highest BCUT2D eigenvalue weighted by molar-refractivity contribution is 6.00. The third kappa shape index (κ3) is 16.6. The highest BCUT2D eigenvalue weighted by atomic mass is 16.8. The second-order valence-electron chi connectivity index (χ2n) is 22.6. The maximum Gasteiger partial charge on any atom is 0.347 e. The maximum absolute atomic E-state index is 15.5. The zero-order chi connectivity index (χ0) is 52.9. The van der Waals surface area contributed by atoms with Gasteiger partial charge >= 0.3 is 29.8 Å². The number of ether oxygens (including phenoxy) is 9. The van der Waals surface area contributed by atoms with Crippen LogP contribution in [-0.4, -0.2) is 106 Å². The molecule has 2 aliphatic heterocycles. The predicted octanol–water partition coefficient (Wildman–Crippen LogP) is 10.1. The number of hydrogen-bond acceptors (Lipinski definition) is 15. The van der Waals surface area contributed by atoms with E-state index in [1.165, 1.54) is 66.9 Å². The van der Waals surface area contributed by atoms with Crippen molar-refractivity contribution in [3.8, 4) is 0 Å². The Hall–Kier alpha value is -3.89. The van der Waals surface area contributed by atoms with Crippen molar-refractivity contribution in [3.63, 3.8) is 0 Å². The van der Waals surface area contributed by atoms with E-state index in [9.17, 15) is 19.5 Å². The number of esters is 5. The molecule has 0 radical (unpaired) electrons. The van der Waals surface area contributed by atoms with E-state index in [4.69, 9.17) is 42.6 Å². The Morgan fingerprint density at radius 1 is 0.729 bits per heavy atom. The average Bonchev–Trinajstić information content (AvgIpc) is 3.46. The molecule has 0 saturated carbocycles. The fourth-order valence-corrected chi connectivity index (χ4v) is 8.94. The van der Waals surface area contributed by atoms with Gasteiger partial charge in [-0.1, -0.05) is 115 Å². The summed E-state index contributed by atoms with van der Waals surface area (Å²) in [7, 11) is 1.37. The minimum absolute atomic E-state index is 0.0833. The van der Waals surface area contributed by atoms with Crippen LogP contribution in [0.2, 0.25) is 0 Å². The molecule has 70 heavy (non-hydrogen) atoms. The first-order valence-electron chi connectivity index (χ1n) is 25.5. The first-order valence-corrected chi connectivity index (χ1v) is 25.5. The first kappa shape index (κ1) is 60.4. The average molecular weight is 989 g/mol. The van der Waals surface area contributed by atoms with Gasteiger partial charge in [0, 0.05) is 32.8 Å². The van der Waals surface area contributed by atoms with Crippen molar-refractivity contribution in [1.82, 2.24) is 0 Å². The van der Waals surface area contributed by atoms with Gasteiger partial charge in [0.2, 0.25) is 17.5 Å². The van der Waals surface area contributed by atoms with Gasteiger partial charge in [-0.05, 0) is 107 Å². The Kier molecular flexibility index (Phi) is 21.7. The highest BCUT2D eigenvalue weighted by Crippen LogP contribution is 2.59. The van der Waals surface area contributed by atoms with E-state index in [1.54, 1.807) is 55.4 Å². The number of hydrogen-bond donors (Lipinski definition) is 1. The molecule has 0 aromatic heterocycles. The fraction of sp³-hybridized carbons (Fsp3) is 0.764. The molecule has 0 amide bonds. The number of fused-ring (bicyclic) bond motifs is 2. The molecular weight excluding hydrogens is 901 g/mol. The summed E-state index contributed by atoms with van der Waals surface area (Å²) in [5.74, 6) is -9.77. The van der Waals surface area contributed by atoms with Crippen LogP contribution in [0.4, 0.5) is 0 Å². The molecule has 0 aliphatic carbocycles. The predicted molar refractivity (Wildman–Crippen MR) is 264 cm³/mol. The van der Waals surface area contributed by atoms with E-state index < -0.39 is 93.8 Å². The number of aliphatic hydroxyl groups is 1. The molecule has 2 saturated heterocycles. The molecule has 1 N–H and O–H groups in total. The Balaban J connectivity index is 2.29. The number of rotatable bonds is 27. The molecule has 15 nitrogen and oxygen atoms in total. The van der Waals surface area contributed by atoms with Crippen LogP contribution < -0.4 is 0 Å². The smallest absolute Gasteiger partial charge is 0.347 e. The van der Waals surface area contributed by atoms with Gasteiger partial charge in [0.1, 0.15) is 22.9 Å². The van der Waals surface area contributed by atoms with Crippen LogP contribution in [0.5, 0.6) is 0 Å². The van der Waals surface area contributed by atoms with Crippen LogP contribution in [0, 0.1) is 5.92 Å². The second-order valence-corrected chi connectivity index (χ2v) is 22.6. The third-order valence-electron chi connectivity index (χ3n) is 12.3. The summed E-state index contributed by atoms with van der Waals surface area (Å²) >= 11 is 0. The molecule has 0 spiro atoms. The van der Waals surface area contributed by atoms with Gasteiger partial charge in [0.05, 0.1) is 0 Å². The number of methoxy groups -OCH3 is 1.